The highest BCUT2D eigenvalue weighted by atomic mass is 19.1. The molecule has 2 rings (SSSR count). The van der Waals surface area contributed by atoms with Crippen molar-refractivity contribution in [2.75, 3.05) is 0 Å². The molecule has 0 bridgehead atoms. The van der Waals surface area contributed by atoms with E-state index in [1.54, 1.807) is 19.1 Å². The van der Waals surface area contributed by atoms with E-state index in [1.165, 1.54) is 6.07 Å². The van der Waals surface area contributed by atoms with Gasteiger partial charge in [-0.2, -0.15) is 0 Å². The smallest absolute Gasteiger partial charge is 0.310 e. The number of rotatable bonds is 3. The molecule has 0 saturated heterocycles. The average molecular weight is 304 g/mol. The van der Waals surface area contributed by atoms with E-state index in [1.807, 2.05) is 58.0 Å². The minimum atomic E-state index is -0.957. The topological polar surface area (TPSA) is 37.3 Å². The Bertz CT molecular complexity index is 565. The summed E-state index contributed by atoms with van der Waals surface area (Å²) in [6.07, 6.45) is 0. The zero-order chi connectivity index (χ0) is 17.1. The van der Waals surface area contributed by atoms with Crippen LogP contribution in [0.4, 0.5) is 4.39 Å². The van der Waals surface area contributed by atoms with Crippen molar-refractivity contribution in [2.24, 2.45) is 0 Å². The summed E-state index contributed by atoms with van der Waals surface area (Å²) >= 11 is 0. The van der Waals surface area contributed by atoms with Gasteiger partial charge in [0.2, 0.25) is 0 Å². The van der Waals surface area contributed by atoms with Gasteiger partial charge in [0, 0.05) is 5.56 Å². The number of halogens is 1. The largest absolute Gasteiger partial charge is 0.481 e. The second-order valence-electron chi connectivity index (χ2n) is 4.17. The molecule has 0 heterocycles. The molecule has 0 spiro atoms. The Balaban J connectivity index is 0.00000102. The van der Waals surface area contributed by atoms with Crippen molar-refractivity contribution in [1.82, 2.24) is 0 Å². The van der Waals surface area contributed by atoms with Crippen LogP contribution in [0.3, 0.4) is 0 Å². The summed E-state index contributed by atoms with van der Waals surface area (Å²) in [6, 6.07) is 13.7. The monoisotopic (exact) mass is 304 g/mol. The summed E-state index contributed by atoms with van der Waals surface area (Å²) in [4.78, 5) is 10.8. The molecule has 0 amide bonds. The van der Waals surface area contributed by atoms with Crippen molar-refractivity contribution in [3.63, 3.8) is 0 Å². The van der Waals surface area contributed by atoms with Crippen molar-refractivity contribution in [3.8, 4) is 11.1 Å². The van der Waals surface area contributed by atoms with Crippen LogP contribution in [0.15, 0.2) is 48.5 Å². The van der Waals surface area contributed by atoms with E-state index in [2.05, 4.69) is 0 Å². The van der Waals surface area contributed by atoms with Crippen molar-refractivity contribution >= 4 is 5.97 Å². The molecule has 2 aromatic rings. The van der Waals surface area contributed by atoms with Crippen LogP contribution in [0, 0.1) is 5.82 Å². The first kappa shape index (κ1) is 19.8. The average Bonchev–Trinajstić information content (AvgIpc) is 2.58. The molecule has 0 aliphatic heterocycles. The molecular weight excluding hydrogens is 279 g/mol. The van der Waals surface area contributed by atoms with Crippen molar-refractivity contribution in [3.05, 3.63) is 59.9 Å². The lowest BCUT2D eigenvalue weighted by Crippen LogP contribution is -2.07. The second-order valence-corrected chi connectivity index (χ2v) is 4.17. The van der Waals surface area contributed by atoms with E-state index in [0.717, 1.165) is 5.56 Å². The quantitative estimate of drug-likeness (QED) is 0.785. The predicted octanol–water partition coefficient (Wildman–Crippen LogP) is 5.73. The lowest BCUT2D eigenvalue weighted by atomic mass is 9.97. The Morgan fingerprint density at radius 1 is 1.00 bits per heavy atom. The zero-order valence-electron chi connectivity index (χ0n) is 13.9. The minimum absolute atomic E-state index is 0.396. The Morgan fingerprint density at radius 3 is 2.00 bits per heavy atom. The van der Waals surface area contributed by atoms with Crippen LogP contribution < -0.4 is 0 Å². The molecule has 0 aromatic heterocycles. The second kappa shape index (κ2) is 10.6. The molecule has 22 heavy (non-hydrogen) atoms. The Hall–Kier alpha value is -2.16. The van der Waals surface area contributed by atoms with Gasteiger partial charge in [0.05, 0.1) is 5.92 Å². The number of carboxylic acid groups (broad SMARTS) is 1. The van der Waals surface area contributed by atoms with Crippen LogP contribution in [-0.2, 0) is 4.79 Å². The molecule has 0 aliphatic rings. The highest BCUT2D eigenvalue weighted by molar-refractivity contribution is 5.76. The highest BCUT2D eigenvalue weighted by Crippen LogP contribution is 2.26. The van der Waals surface area contributed by atoms with E-state index >= 15 is 0 Å². The first-order valence-corrected chi connectivity index (χ1v) is 7.67. The first-order chi connectivity index (χ1) is 10.6. The molecule has 2 aromatic carbocycles. The minimum Gasteiger partial charge on any atom is -0.481 e. The van der Waals surface area contributed by atoms with E-state index < -0.39 is 17.7 Å². The number of hydrogen-bond acceptors (Lipinski definition) is 1. The van der Waals surface area contributed by atoms with Crippen molar-refractivity contribution in [2.45, 2.75) is 40.5 Å². The number of aliphatic carboxylic acids is 1. The molecule has 3 heteroatoms. The van der Waals surface area contributed by atoms with E-state index in [0.29, 0.717) is 11.1 Å². The fourth-order valence-corrected chi connectivity index (χ4v) is 1.80. The maximum atomic E-state index is 14.0. The standard InChI is InChI=1S/C15H13FO2.2C2H6/c1-10(15(17)18)12-7-8-13(14(16)9-12)11-5-3-2-4-6-11;2*1-2/h2-10H,1H3,(H,17,18);2*1-2H3. The van der Waals surface area contributed by atoms with Gasteiger partial charge in [-0.1, -0.05) is 70.2 Å². The molecule has 1 N–H and O–H groups in total. The van der Waals surface area contributed by atoms with Crippen LogP contribution in [0.25, 0.3) is 11.1 Å². The molecule has 0 saturated carbocycles. The predicted molar refractivity (Wildman–Crippen MR) is 90.6 cm³/mol. The maximum absolute atomic E-state index is 14.0. The third-order valence-electron chi connectivity index (χ3n) is 2.95. The Labute approximate surface area is 132 Å². The molecule has 1 unspecified atom stereocenters. The summed E-state index contributed by atoms with van der Waals surface area (Å²) < 4.78 is 14.0. The molecule has 120 valence electrons. The van der Waals surface area contributed by atoms with Gasteiger partial charge in [0.1, 0.15) is 5.82 Å². The SMILES string of the molecule is CC.CC.CC(C(=O)O)c1ccc(-c2ccccc2)c(F)c1. The van der Waals surface area contributed by atoms with Crippen LogP contribution in [0.1, 0.15) is 46.1 Å². The summed E-state index contributed by atoms with van der Waals surface area (Å²) in [7, 11) is 0. The van der Waals surface area contributed by atoms with Crippen LogP contribution >= 0.6 is 0 Å². The number of carboxylic acids is 1. The van der Waals surface area contributed by atoms with Gasteiger partial charge in [-0.25, -0.2) is 4.39 Å². The molecule has 0 fully saturated rings. The number of benzene rings is 2. The molecular formula is C19H25FO2. The molecule has 2 nitrogen and oxygen atoms in total. The Kier molecular flexibility index (Phi) is 9.51. The van der Waals surface area contributed by atoms with Crippen LogP contribution in [0.5, 0.6) is 0 Å². The lowest BCUT2D eigenvalue weighted by Gasteiger charge is -2.09. The fourth-order valence-electron chi connectivity index (χ4n) is 1.80. The maximum Gasteiger partial charge on any atom is 0.310 e. The summed E-state index contributed by atoms with van der Waals surface area (Å²) in [5.41, 5.74) is 1.74. The van der Waals surface area contributed by atoms with Gasteiger partial charge in [-0.3, -0.25) is 4.79 Å². The third kappa shape index (κ3) is 5.32. The summed E-state index contributed by atoms with van der Waals surface area (Å²) in [6.45, 7) is 9.54. The van der Waals surface area contributed by atoms with Crippen LogP contribution in [-0.4, -0.2) is 11.1 Å². The van der Waals surface area contributed by atoms with Gasteiger partial charge >= 0.3 is 5.97 Å². The fraction of sp³-hybridized carbons (Fsp3) is 0.316. The molecule has 0 aliphatic carbocycles. The van der Waals surface area contributed by atoms with E-state index in [4.69, 9.17) is 5.11 Å². The molecule has 1 atom stereocenters. The van der Waals surface area contributed by atoms with Gasteiger partial charge in [0.15, 0.2) is 0 Å². The van der Waals surface area contributed by atoms with Gasteiger partial charge in [-0.05, 0) is 24.1 Å². The summed E-state index contributed by atoms with van der Waals surface area (Å²) in [5, 5.41) is 8.89. The van der Waals surface area contributed by atoms with Gasteiger partial charge < -0.3 is 5.11 Å². The van der Waals surface area contributed by atoms with E-state index in [9.17, 15) is 9.18 Å². The van der Waals surface area contributed by atoms with Gasteiger partial charge in [-0.15, -0.1) is 0 Å². The lowest BCUT2D eigenvalue weighted by molar-refractivity contribution is -0.138. The van der Waals surface area contributed by atoms with Gasteiger partial charge in [0.25, 0.3) is 0 Å². The highest BCUT2D eigenvalue weighted by Gasteiger charge is 2.15. The number of hydrogen-bond donors (Lipinski definition) is 1. The number of carbonyl (C=O) groups is 1. The Morgan fingerprint density at radius 2 is 1.55 bits per heavy atom. The third-order valence-corrected chi connectivity index (χ3v) is 2.95. The van der Waals surface area contributed by atoms with E-state index in [-0.39, 0.29) is 0 Å². The van der Waals surface area contributed by atoms with Crippen molar-refractivity contribution < 1.29 is 14.3 Å². The first-order valence-electron chi connectivity index (χ1n) is 7.67. The molecule has 0 radical (unpaired) electrons. The summed E-state index contributed by atoms with van der Waals surface area (Å²) in [5.74, 6) is -2.06. The van der Waals surface area contributed by atoms with Crippen molar-refractivity contribution in [1.29, 1.82) is 0 Å². The van der Waals surface area contributed by atoms with Crippen LogP contribution in [0.2, 0.25) is 0 Å². The normalized spacial score (nSPS) is 10.5. The zero-order valence-corrected chi connectivity index (χ0v) is 13.9.